The maximum Gasteiger partial charge on any atom is 0.205 e. The van der Waals surface area contributed by atoms with Gasteiger partial charge in [-0.25, -0.2) is 0 Å². The molecule has 1 N–H and O–H groups in total. The van der Waals surface area contributed by atoms with Crippen molar-refractivity contribution in [3.05, 3.63) is 72.3 Å². The standard InChI is InChI=1S/C25H27NO2.BrH/c1-26-17-25(27,28-24-9-5-4-8-23(24)26)22-14-12-19(13-15-22)21-11-10-18-6-2-3-7-20(18)16-21;/h2-3,6-7,10-16,23-24,27H,4-5,8-9,17H2,1H3;1H. The van der Waals surface area contributed by atoms with E-state index in [0.29, 0.717) is 12.6 Å². The lowest BCUT2D eigenvalue weighted by atomic mass is 9.88. The van der Waals surface area contributed by atoms with Gasteiger partial charge in [0.2, 0.25) is 5.79 Å². The summed E-state index contributed by atoms with van der Waals surface area (Å²) in [7, 11) is 2.11. The topological polar surface area (TPSA) is 32.7 Å². The predicted octanol–water partition coefficient (Wildman–Crippen LogP) is 5.50. The number of hydrogen-bond donors (Lipinski definition) is 1. The normalized spacial score (nSPS) is 27.2. The first-order valence-electron chi connectivity index (χ1n) is 10.3. The number of β-amino-alcohol motifs (C(OH)–C–C–N with tert-alkyl or cyclic N) is 1. The average molecular weight is 454 g/mol. The van der Waals surface area contributed by atoms with Crippen molar-refractivity contribution in [1.82, 2.24) is 4.90 Å². The molecule has 0 spiro atoms. The van der Waals surface area contributed by atoms with Gasteiger partial charge < -0.3 is 9.84 Å². The second-order valence-corrected chi connectivity index (χ2v) is 8.35. The number of rotatable bonds is 2. The predicted molar refractivity (Wildman–Crippen MR) is 123 cm³/mol. The van der Waals surface area contributed by atoms with E-state index >= 15 is 0 Å². The zero-order chi connectivity index (χ0) is 19.1. The zero-order valence-electron chi connectivity index (χ0n) is 16.8. The summed E-state index contributed by atoms with van der Waals surface area (Å²) in [6.45, 7) is 0.517. The number of ether oxygens (including phenoxy) is 1. The van der Waals surface area contributed by atoms with Crippen LogP contribution < -0.4 is 0 Å². The van der Waals surface area contributed by atoms with Crippen molar-refractivity contribution < 1.29 is 9.84 Å². The summed E-state index contributed by atoms with van der Waals surface area (Å²) in [5, 5.41) is 13.8. The molecule has 0 radical (unpaired) electrons. The molecular weight excluding hydrogens is 426 g/mol. The molecule has 0 aromatic heterocycles. The largest absolute Gasteiger partial charge is 0.361 e. The van der Waals surface area contributed by atoms with E-state index in [4.69, 9.17) is 4.74 Å². The number of halogens is 1. The molecule has 1 aliphatic carbocycles. The van der Waals surface area contributed by atoms with Gasteiger partial charge in [-0.1, -0.05) is 73.5 Å². The van der Waals surface area contributed by atoms with Gasteiger partial charge >= 0.3 is 0 Å². The molecule has 1 saturated carbocycles. The summed E-state index contributed by atoms with van der Waals surface area (Å²) in [5.74, 6) is -1.23. The molecule has 3 atom stereocenters. The molecule has 2 aliphatic rings. The third-order valence-corrected chi connectivity index (χ3v) is 6.46. The second-order valence-electron chi connectivity index (χ2n) is 8.35. The van der Waals surface area contributed by atoms with Crippen LogP contribution in [0.25, 0.3) is 21.9 Å². The van der Waals surface area contributed by atoms with Crippen molar-refractivity contribution in [2.45, 2.75) is 43.6 Å². The molecule has 1 saturated heterocycles. The Morgan fingerprint density at radius 2 is 1.59 bits per heavy atom. The van der Waals surface area contributed by atoms with Crippen LogP contribution in [0.15, 0.2) is 66.7 Å². The smallest absolute Gasteiger partial charge is 0.205 e. The summed E-state index contributed by atoms with van der Waals surface area (Å²) in [6.07, 6.45) is 4.77. The van der Waals surface area contributed by atoms with Crippen LogP contribution in [0.5, 0.6) is 0 Å². The molecule has 1 heterocycles. The molecule has 3 nitrogen and oxygen atoms in total. The highest BCUT2D eigenvalue weighted by atomic mass is 79.9. The van der Waals surface area contributed by atoms with E-state index in [9.17, 15) is 5.11 Å². The summed E-state index contributed by atoms with van der Waals surface area (Å²) < 4.78 is 6.25. The van der Waals surface area contributed by atoms with E-state index in [1.165, 1.54) is 29.2 Å². The number of fused-ring (bicyclic) bond motifs is 2. The Morgan fingerprint density at radius 3 is 2.38 bits per heavy atom. The van der Waals surface area contributed by atoms with Crippen molar-refractivity contribution in [1.29, 1.82) is 0 Å². The second kappa shape index (κ2) is 8.19. The van der Waals surface area contributed by atoms with Crippen LogP contribution in [0.3, 0.4) is 0 Å². The molecule has 0 amide bonds. The molecule has 3 aromatic carbocycles. The molecule has 29 heavy (non-hydrogen) atoms. The fourth-order valence-electron chi connectivity index (χ4n) is 4.91. The molecular formula is C25H28BrNO2. The molecule has 0 bridgehead atoms. The van der Waals surface area contributed by atoms with Crippen LogP contribution in [0.1, 0.15) is 31.2 Å². The Hall–Kier alpha value is -1.72. The number of morpholine rings is 1. The lowest BCUT2D eigenvalue weighted by Crippen LogP contribution is -2.58. The van der Waals surface area contributed by atoms with Gasteiger partial charge in [0, 0.05) is 11.6 Å². The van der Waals surface area contributed by atoms with Gasteiger partial charge in [0.15, 0.2) is 0 Å². The molecule has 3 aromatic rings. The van der Waals surface area contributed by atoms with E-state index < -0.39 is 5.79 Å². The van der Waals surface area contributed by atoms with E-state index in [0.717, 1.165) is 24.0 Å². The average Bonchev–Trinajstić information content (AvgIpc) is 2.73. The summed E-state index contributed by atoms with van der Waals surface area (Å²) >= 11 is 0. The number of hydrogen-bond acceptors (Lipinski definition) is 3. The monoisotopic (exact) mass is 453 g/mol. The van der Waals surface area contributed by atoms with Crippen molar-refractivity contribution in [2.75, 3.05) is 13.6 Å². The third kappa shape index (κ3) is 3.87. The van der Waals surface area contributed by atoms with Crippen molar-refractivity contribution in [3.8, 4) is 11.1 Å². The van der Waals surface area contributed by atoms with E-state index in [-0.39, 0.29) is 23.1 Å². The van der Waals surface area contributed by atoms with Crippen LogP contribution >= 0.6 is 17.0 Å². The third-order valence-electron chi connectivity index (χ3n) is 6.46. The zero-order valence-corrected chi connectivity index (χ0v) is 18.5. The molecule has 4 heteroatoms. The Bertz CT molecular complexity index is 990. The number of aliphatic hydroxyl groups is 1. The van der Waals surface area contributed by atoms with Gasteiger partial charge in [0.25, 0.3) is 0 Å². The van der Waals surface area contributed by atoms with Crippen LogP contribution in [-0.4, -0.2) is 35.7 Å². The van der Waals surface area contributed by atoms with E-state index in [2.05, 4.69) is 66.5 Å². The first-order chi connectivity index (χ1) is 13.6. The fraction of sp³-hybridized carbons (Fsp3) is 0.360. The number of benzene rings is 3. The summed E-state index contributed by atoms with van der Waals surface area (Å²) in [6, 6.07) is 23.6. The lowest BCUT2D eigenvalue weighted by molar-refractivity contribution is -0.293. The minimum absolute atomic E-state index is 0. The van der Waals surface area contributed by atoms with Gasteiger partial charge in [-0.05, 0) is 47.9 Å². The minimum Gasteiger partial charge on any atom is -0.361 e. The first kappa shape index (κ1) is 20.5. The van der Waals surface area contributed by atoms with Crippen LogP contribution in [-0.2, 0) is 10.5 Å². The van der Waals surface area contributed by atoms with Crippen LogP contribution in [0.4, 0.5) is 0 Å². The summed E-state index contributed by atoms with van der Waals surface area (Å²) in [4.78, 5) is 2.28. The Morgan fingerprint density at radius 1 is 0.897 bits per heavy atom. The minimum atomic E-state index is -1.23. The Labute approximate surface area is 183 Å². The van der Waals surface area contributed by atoms with Gasteiger partial charge in [0.1, 0.15) is 0 Å². The SMILES string of the molecule is Br.CN1CC(O)(c2ccc(-c3ccc4ccccc4c3)cc2)OC2CCCCC21. The molecule has 152 valence electrons. The first-order valence-corrected chi connectivity index (χ1v) is 10.3. The van der Waals surface area contributed by atoms with Crippen molar-refractivity contribution in [2.24, 2.45) is 0 Å². The fourth-order valence-corrected chi connectivity index (χ4v) is 4.91. The number of nitrogens with zero attached hydrogens (tertiary/aromatic N) is 1. The van der Waals surface area contributed by atoms with Crippen molar-refractivity contribution in [3.63, 3.8) is 0 Å². The quantitative estimate of drug-likeness (QED) is 0.555. The maximum atomic E-state index is 11.3. The number of likely N-dealkylation sites (N-methyl/N-ethyl adjacent to an activating group) is 1. The van der Waals surface area contributed by atoms with Gasteiger partial charge in [-0.15, -0.1) is 17.0 Å². The highest BCUT2D eigenvalue weighted by Crippen LogP contribution is 2.38. The molecule has 1 aliphatic heterocycles. The van der Waals surface area contributed by atoms with E-state index in [1.54, 1.807) is 0 Å². The van der Waals surface area contributed by atoms with Crippen LogP contribution in [0.2, 0.25) is 0 Å². The summed E-state index contributed by atoms with van der Waals surface area (Å²) in [5.41, 5.74) is 3.18. The maximum absolute atomic E-state index is 11.3. The molecule has 5 rings (SSSR count). The molecule has 2 fully saturated rings. The highest BCUT2D eigenvalue weighted by Gasteiger charge is 2.45. The van der Waals surface area contributed by atoms with Gasteiger partial charge in [0.05, 0.1) is 12.6 Å². The highest BCUT2D eigenvalue weighted by molar-refractivity contribution is 8.93. The Balaban J connectivity index is 0.00000205. The van der Waals surface area contributed by atoms with Crippen molar-refractivity contribution >= 4 is 27.8 Å². The van der Waals surface area contributed by atoms with Gasteiger partial charge in [-0.2, -0.15) is 0 Å². The van der Waals surface area contributed by atoms with Gasteiger partial charge in [-0.3, -0.25) is 4.90 Å². The Kier molecular flexibility index (Phi) is 5.80. The molecule has 3 unspecified atom stereocenters. The van der Waals surface area contributed by atoms with E-state index in [1.807, 2.05) is 12.1 Å². The lowest BCUT2D eigenvalue weighted by Gasteiger charge is -2.49. The van der Waals surface area contributed by atoms with Crippen LogP contribution in [0, 0.1) is 0 Å².